The molecule has 6 nitrogen and oxygen atoms in total. The highest BCUT2D eigenvalue weighted by molar-refractivity contribution is 8.54. The Morgan fingerprint density at radius 2 is 1.45 bits per heavy atom. The lowest BCUT2D eigenvalue weighted by Crippen LogP contribution is -2.44. The monoisotopic (exact) mass is 553 g/mol. The lowest BCUT2D eigenvalue weighted by Gasteiger charge is -2.39. The smallest absolute Gasteiger partial charge is 0.170 e. The molecule has 2 fully saturated rings. The van der Waals surface area contributed by atoms with E-state index in [4.69, 9.17) is 23.5 Å². The zero-order valence-corrected chi connectivity index (χ0v) is 24.1. The molecule has 0 aromatic heterocycles. The molecule has 0 N–H and O–H groups in total. The van der Waals surface area contributed by atoms with Gasteiger partial charge in [0.1, 0.15) is 17.1 Å². The molecule has 5 rings (SSSR count). The van der Waals surface area contributed by atoms with Crippen molar-refractivity contribution in [1.29, 1.82) is 0 Å². The molecule has 3 unspecified atom stereocenters. The molecular weight excluding hydrogens is 517 g/mol. The first-order valence-corrected chi connectivity index (χ1v) is 15.7. The summed E-state index contributed by atoms with van der Waals surface area (Å²) in [5.41, 5.74) is 2.23. The van der Waals surface area contributed by atoms with Gasteiger partial charge in [-0.3, -0.25) is 0 Å². The number of methoxy groups -OCH3 is 2. The van der Waals surface area contributed by atoms with E-state index in [9.17, 15) is 0 Å². The van der Waals surface area contributed by atoms with E-state index in [0.717, 1.165) is 41.3 Å². The van der Waals surface area contributed by atoms with Crippen LogP contribution in [0.1, 0.15) is 30.5 Å². The van der Waals surface area contributed by atoms with E-state index in [1.54, 1.807) is 14.2 Å². The van der Waals surface area contributed by atoms with Crippen molar-refractivity contribution in [2.75, 3.05) is 40.5 Å². The molecule has 0 aliphatic carbocycles. The van der Waals surface area contributed by atoms with Crippen molar-refractivity contribution < 1.29 is 23.5 Å². The second-order valence-corrected chi connectivity index (χ2v) is 13.4. The maximum absolute atomic E-state index is 7.05. The summed E-state index contributed by atoms with van der Waals surface area (Å²) in [6, 6.07) is 26.7. The first kappa shape index (κ1) is 27.4. The molecule has 8 heteroatoms. The first-order valence-electron chi connectivity index (χ1n) is 13.0. The molecule has 0 amide bonds. The number of rotatable bonds is 9. The molecule has 0 saturated carbocycles. The quantitative estimate of drug-likeness (QED) is 0.222. The van der Waals surface area contributed by atoms with Crippen molar-refractivity contribution in [2.24, 2.45) is 0 Å². The largest absolute Gasteiger partial charge is 0.497 e. The zero-order chi connectivity index (χ0) is 26.5. The lowest BCUT2D eigenvalue weighted by atomic mass is 9.80. The SMILES string of the molecule is COc1ccc(C(OC[C@@H]2CN(P3OC(C)C(C)S3)CCO2)(c2ccccc2)c2ccc(OC)cc2)cc1. The van der Waals surface area contributed by atoms with Gasteiger partial charge in [-0.2, -0.15) is 0 Å². The molecule has 2 heterocycles. The van der Waals surface area contributed by atoms with Gasteiger partial charge in [0.2, 0.25) is 0 Å². The van der Waals surface area contributed by atoms with Crippen LogP contribution >= 0.6 is 18.9 Å². The molecule has 3 aromatic carbocycles. The summed E-state index contributed by atoms with van der Waals surface area (Å²) >= 11 is 1.95. The van der Waals surface area contributed by atoms with Crippen LogP contribution in [0.25, 0.3) is 0 Å². The fourth-order valence-electron chi connectivity index (χ4n) is 4.86. The highest BCUT2D eigenvalue weighted by Gasteiger charge is 2.41. The summed E-state index contributed by atoms with van der Waals surface area (Å²) in [5.74, 6) is 1.60. The summed E-state index contributed by atoms with van der Waals surface area (Å²) in [7, 11) is 2.70. The Bertz CT molecular complexity index is 1110. The number of morpholine rings is 1. The van der Waals surface area contributed by atoms with E-state index in [1.165, 1.54) is 0 Å². The van der Waals surface area contributed by atoms with E-state index in [0.29, 0.717) is 18.5 Å². The van der Waals surface area contributed by atoms with Crippen LogP contribution in [0.15, 0.2) is 78.9 Å². The topological polar surface area (TPSA) is 49.4 Å². The molecule has 0 spiro atoms. The second kappa shape index (κ2) is 12.4. The van der Waals surface area contributed by atoms with Gasteiger partial charge in [0.25, 0.3) is 0 Å². The molecular formula is C30H36NO5PS. The van der Waals surface area contributed by atoms with Crippen LogP contribution in [0.2, 0.25) is 0 Å². The Morgan fingerprint density at radius 1 is 0.868 bits per heavy atom. The Balaban J connectivity index is 1.48. The highest BCUT2D eigenvalue weighted by atomic mass is 32.7. The van der Waals surface area contributed by atoms with Crippen LogP contribution < -0.4 is 9.47 Å². The molecule has 0 bridgehead atoms. The summed E-state index contributed by atoms with van der Waals surface area (Å²) in [6.45, 7) is 7.19. The minimum atomic E-state index is -0.849. The summed E-state index contributed by atoms with van der Waals surface area (Å²) in [5, 5.41) is 0.509. The Morgan fingerprint density at radius 3 is 1.97 bits per heavy atom. The van der Waals surface area contributed by atoms with Gasteiger partial charge in [0.05, 0.1) is 39.6 Å². The Labute approximate surface area is 231 Å². The predicted molar refractivity (Wildman–Crippen MR) is 154 cm³/mol. The minimum Gasteiger partial charge on any atom is -0.497 e. The Kier molecular flexibility index (Phi) is 8.94. The predicted octanol–water partition coefficient (Wildman–Crippen LogP) is 6.48. The van der Waals surface area contributed by atoms with Gasteiger partial charge in [-0.05, 0) is 47.9 Å². The molecule has 2 saturated heterocycles. The summed E-state index contributed by atoms with van der Waals surface area (Å²) in [6.07, 6.45) is 0.209. The third-order valence-electron chi connectivity index (χ3n) is 7.18. The van der Waals surface area contributed by atoms with Crippen molar-refractivity contribution in [3.05, 3.63) is 95.6 Å². The Hall–Kier alpha value is -2.12. The van der Waals surface area contributed by atoms with Crippen molar-refractivity contribution in [3.8, 4) is 11.5 Å². The normalized spacial score (nSPS) is 24.3. The number of benzene rings is 3. The van der Waals surface area contributed by atoms with E-state index in [1.807, 2.05) is 41.7 Å². The summed E-state index contributed by atoms with van der Waals surface area (Å²) in [4.78, 5) is 0. The van der Waals surface area contributed by atoms with Gasteiger partial charge in [-0.15, -0.1) is 0 Å². The average Bonchev–Trinajstić information content (AvgIpc) is 3.32. The van der Waals surface area contributed by atoms with E-state index < -0.39 is 13.1 Å². The average molecular weight is 554 g/mol. The fraction of sp³-hybridized carbons (Fsp3) is 0.400. The van der Waals surface area contributed by atoms with E-state index >= 15 is 0 Å². The van der Waals surface area contributed by atoms with Gasteiger partial charge < -0.3 is 23.5 Å². The number of hydrogen-bond donors (Lipinski definition) is 0. The van der Waals surface area contributed by atoms with Gasteiger partial charge in [0, 0.05) is 18.3 Å². The van der Waals surface area contributed by atoms with Crippen LogP contribution in [-0.4, -0.2) is 62.7 Å². The zero-order valence-electron chi connectivity index (χ0n) is 22.4. The molecule has 202 valence electrons. The molecule has 4 atom stereocenters. The maximum Gasteiger partial charge on any atom is 0.170 e. The summed E-state index contributed by atoms with van der Waals surface area (Å²) < 4.78 is 32.9. The van der Waals surface area contributed by atoms with Gasteiger partial charge in [-0.25, -0.2) is 4.67 Å². The highest BCUT2D eigenvalue weighted by Crippen LogP contribution is 2.63. The van der Waals surface area contributed by atoms with Gasteiger partial charge >= 0.3 is 0 Å². The molecule has 3 aromatic rings. The van der Waals surface area contributed by atoms with Crippen LogP contribution in [0, 0.1) is 0 Å². The third kappa shape index (κ3) is 5.74. The second-order valence-electron chi connectivity index (χ2n) is 9.58. The molecule has 2 aliphatic heterocycles. The lowest BCUT2D eigenvalue weighted by molar-refractivity contribution is -0.0864. The fourth-order valence-corrected chi connectivity index (χ4v) is 9.57. The minimum absolute atomic E-state index is 0.0683. The molecule has 38 heavy (non-hydrogen) atoms. The van der Waals surface area contributed by atoms with E-state index in [-0.39, 0.29) is 12.2 Å². The number of hydrogen-bond acceptors (Lipinski definition) is 7. The van der Waals surface area contributed by atoms with Crippen molar-refractivity contribution in [3.63, 3.8) is 0 Å². The maximum atomic E-state index is 7.05. The van der Waals surface area contributed by atoms with Crippen molar-refractivity contribution in [1.82, 2.24) is 4.67 Å². The number of ether oxygens (including phenoxy) is 4. The van der Waals surface area contributed by atoms with Gasteiger partial charge in [0.15, 0.2) is 7.50 Å². The van der Waals surface area contributed by atoms with Crippen LogP contribution in [0.5, 0.6) is 11.5 Å². The van der Waals surface area contributed by atoms with Crippen molar-refractivity contribution in [2.45, 2.75) is 36.9 Å². The standard InChI is InChI=1S/C30H36NO5PS/c1-22-23(2)38-37(36-22)31-18-19-34-29(20-31)21-35-30(24-8-6-5-7-9-24,25-10-14-27(32-3)15-11-25)26-12-16-28(33-4)17-13-26/h5-17,22-23,29H,18-21H2,1-4H3/t22?,23?,29-,37?/m0/s1. The first-order chi connectivity index (χ1) is 18.5. The van der Waals surface area contributed by atoms with Gasteiger partial charge in [-0.1, -0.05) is 72.9 Å². The molecule has 2 aliphatic rings. The third-order valence-corrected chi connectivity index (χ3v) is 11.9. The molecule has 0 radical (unpaired) electrons. The van der Waals surface area contributed by atoms with Crippen LogP contribution in [-0.2, 0) is 19.6 Å². The number of nitrogens with zero attached hydrogens (tertiary/aromatic N) is 1. The van der Waals surface area contributed by atoms with Crippen LogP contribution in [0.3, 0.4) is 0 Å². The van der Waals surface area contributed by atoms with Crippen molar-refractivity contribution >= 4 is 18.9 Å². The van der Waals surface area contributed by atoms with Crippen LogP contribution in [0.4, 0.5) is 0 Å². The van der Waals surface area contributed by atoms with E-state index in [2.05, 4.69) is 67.0 Å².